The third-order valence-corrected chi connectivity index (χ3v) is 1.89. The molecule has 2 N–H and O–H groups in total. The highest BCUT2D eigenvalue weighted by Gasteiger charge is 2.09. The summed E-state index contributed by atoms with van der Waals surface area (Å²) in [6.45, 7) is 0.427. The molecule has 68 valence electrons. The van der Waals surface area contributed by atoms with Gasteiger partial charge in [-0.1, -0.05) is 0 Å². The number of hydrogen-bond acceptors (Lipinski definition) is 3. The Bertz CT molecular complexity index is 389. The van der Waals surface area contributed by atoms with Crippen LogP contribution >= 0.6 is 0 Å². The van der Waals surface area contributed by atoms with Gasteiger partial charge in [0, 0.05) is 19.8 Å². The van der Waals surface area contributed by atoms with Gasteiger partial charge in [0.15, 0.2) is 0 Å². The molecule has 0 saturated heterocycles. The summed E-state index contributed by atoms with van der Waals surface area (Å²) in [4.78, 5) is 0. The van der Waals surface area contributed by atoms with Crippen LogP contribution in [0.4, 0.5) is 0 Å². The minimum Gasteiger partial charge on any atom is -0.464 e. The van der Waals surface area contributed by atoms with Crippen LogP contribution in [0.15, 0.2) is 29.0 Å². The lowest BCUT2D eigenvalue weighted by atomic mass is 10.2. The van der Waals surface area contributed by atoms with Crippen LogP contribution in [0.3, 0.4) is 0 Å². The van der Waals surface area contributed by atoms with Crippen molar-refractivity contribution in [3.63, 3.8) is 0 Å². The van der Waals surface area contributed by atoms with Crippen molar-refractivity contribution in [3.8, 4) is 11.3 Å². The van der Waals surface area contributed by atoms with E-state index in [2.05, 4.69) is 5.10 Å². The molecule has 0 spiro atoms. The second kappa shape index (κ2) is 3.06. The Morgan fingerprint density at radius 1 is 1.62 bits per heavy atom. The third-order valence-electron chi connectivity index (χ3n) is 1.89. The molecule has 0 amide bonds. The number of furan rings is 1. The van der Waals surface area contributed by atoms with E-state index in [0.717, 1.165) is 17.0 Å². The molecule has 2 heterocycles. The molecule has 0 aliphatic heterocycles. The van der Waals surface area contributed by atoms with Crippen molar-refractivity contribution < 1.29 is 4.42 Å². The fourth-order valence-corrected chi connectivity index (χ4v) is 1.32. The van der Waals surface area contributed by atoms with Crippen molar-refractivity contribution in [2.75, 3.05) is 0 Å². The van der Waals surface area contributed by atoms with Gasteiger partial charge in [-0.3, -0.25) is 4.68 Å². The molecule has 0 unspecified atom stereocenters. The van der Waals surface area contributed by atoms with E-state index in [4.69, 9.17) is 10.2 Å². The minimum atomic E-state index is 0.427. The highest BCUT2D eigenvalue weighted by Crippen LogP contribution is 2.22. The number of rotatable bonds is 2. The van der Waals surface area contributed by atoms with Crippen molar-refractivity contribution in [2.24, 2.45) is 12.8 Å². The molecule has 2 aromatic heterocycles. The number of aryl methyl sites for hydroxylation is 1. The Morgan fingerprint density at radius 2 is 2.46 bits per heavy atom. The van der Waals surface area contributed by atoms with Crippen LogP contribution < -0.4 is 5.73 Å². The smallest absolute Gasteiger partial charge is 0.137 e. The second-order valence-corrected chi connectivity index (χ2v) is 2.84. The monoisotopic (exact) mass is 177 g/mol. The van der Waals surface area contributed by atoms with Crippen LogP contribution in [0.25, 0.3) is 11.3 Å². The van der Waals surface area contributed by atoms with Crippen molar-refractivity contribution >= 4 is 0 Å². The molecule has 0 saturated carbocycles. The Hall–Kier alpha value is -1.55. The molecule has 0 aromatic carbocycles. The van der Waals surface area contributed by atoms with E-state index in [0.29, 0.717) is 6.54 Å². The zero-order chi connectivity index (χ0) is 9.26. The van der Waals surface area contributed by atoms with Crippen LogP contribution in [0.2, 0.25) is 0 Å². The Balaban J connectivity index is 2.50. The zero-order valence-electron chi connectivity index (χ0n) is 7.40. The summed E-state index contributed by atoms with van der Waals surface area (Å²) in [6, 6.07) is 3.75. The molecule has 4 heteroatoms. The summed E-state index contributed by atoms with van der Waals surface area (Å²) in [6.07, 6.45) is 3.55. The topological polar surface area (TPSA) is 57.0 Å². The first-order valence-corrected chi connectivity index (χ1v) is 4.07. The van der Waals surface area contributed by atoms with Gasteiger partial charge < -0.3 is 10.2 Å². The van der Waals surface area contributed by atoms with Gasteiger partial charge in [0.2, 0.25) is 0 Å². The first-order chi connectivity index (χ1) is 6.31. The number of nitrogens with zero attached hydrogens (tertiary/aromatic N) is 2. The molecule has 4 nitrogen and oxygen atoms in total. The maximum Gasteiger partial charge on any atom is 0.137 e. The maximum absolute atomic E-state index is 5.55. The van der Waals surface area contributed by atoms with Gasteiger partial charge in [-0.25, -0.2) is 0 Å². The lowest BCUT2D eigenvalue weighted by molar-refractivity contribution is 0.581. The van der Waals surface area contributed by atoms with Crippen molar-refractivity contribution in [2.45, 2.75) is 6.54 Å². The van der Waals surface area contributed by atoms with Crippen molar-refractivity contribution in [3.05, 3.63) is 30.3 Å². The first-order valence-electron chi connectivity index (χ1n) is 4.07. The standard InChI is InChI=1S/C9H11N3O/c1-12-6-7(8(5-10)11-12)9-3-2-4-13-9/h2-4,6H,5,10H2,1H3. The van der Waals surface area contributed by atoms with E-state index < -0.39 is 0 Å². The van der Waals surface area contributed by atoms with Gasteiger partial charge in [-0.15, -0.1) is 0 Å². The fraction of sp³-hybridized carbons (Fsp3) is 0.222. The summed E-state index contributed by atoms with van der Waals surface area (Å²) < 4.78 is 7.00. The highest BCUT2D eigenvalue weighted by molar-refractivity contribution is 5.59. The average molecular weight is 177 g/mol. The van der Waals surface area contributed by atoms with Crippen LogP contribution in [0, 0.1) is 0 Å². The second-order valence-electron chi connectivity index (χ2n) is 2.84. The number of aromatic nitrogens is 2. The largest absolute Gasteiger partial charge is 0.464 e. The zero-order valence-corrected chi connectivity index (χ0v) is 7.40. The molecule has 0 fully saturated rings. The van der Waals surface area contributed by atoms with E-state index in [1.165, 1.54) is 0 Å². The molecule has 2 aromatic rings. The van der Waals surface area contributed by atoms with E-state index in [9.17, 15) is 0 Å². The van der Waals surface area contributed by atoms with Crippen molar-refractivity contribution in [1.82, 2.24) is 9.78 Å². The van der Waals surface area contributed by atoms with Crippen LogP contribution in [0.5, 0.6) is 0 Å². The van der Waals surface area contributed by atoms with E-state index in [1.54, 1.807) is 10.9 Å². The fourth-order valence-electron chi connectivity index (χ4n) is 1.32. The Labute approximate surface area is 76.0 Å². The predicted molar refractivity (Wildman–Crippen MR) is 48.8 cm³/mol. The van der Waals surface area contributed by atoms with Gasteiger partial charge in [0.1, 0.15) is 5.76 Å². The Morgan fingerprint density at radius 3 is 3.08 bits per heavy atom. The molecule has 0 atom stereocenters. The molecule has 0 bridgehead atoms. The van der Waals surface area contributed by atoms with Gasteiger partial charge in [0.25, 0.3) is 0 Å². The average Bonchev–Trinajstić information content (AvgIpc) is 2.71. The molecular weight excluding hydrogens is 166 g/mol. The first kappa shape index (κ1) is 8.07. The Kier molecular flexibility index (Phi) is 1.90. The molecular formula is C9H11N3O. The SMILES string of the molecule is Cn1cc(-c2ccco2)c(CN)n1. The molecule has 0 radical (unpaired) electrons. The van der Waals surface area contributed by atoms with Crippen LogP contribution in [-0.4, -0.2) is 9.78 Å². The van der Waals surface area contributed by atoms with E-state index in [1.807, 2.05) is 25.4 Å². The molecule has 0 aliphatic carbocycles. The molecule has 0 aliphatic rings. The minimum absolute atomic E-state index is 0.427. The van der Waals surface area contributed by atoms with Gasteiger partial charge in [-0.05, 0) is 12.1 Å². The highest BCUT2D eigenvalue weighted by atomic mass is 16.3. The number of nitrogens with two attached hydrogens (primary N) is 1. The van der Waals surface area contributed by atoms with Gasteiger partial charge >= 0.3 is 0 Å². The van der Waals surface area contributed by atoms with Gasteiger partial charge in [0.05, 0.1) is 17.5 Å². The van der Waals surface area contributed by atoms with E-state index in [-0.39, 0.29) is 0 Å². The van der Waals surface area contributed by atoms with E-state index >= 15 is 0 Å². The van der Waals surface area contributed by atoms with Crippen molar-refractivity contribution in [1.29, 1.82) is 0 Å². The summed E-state index contributed by atoms with van der Waals surface area (Å²) in [7, 11) is 1.87. The number of hydrogen-bond donors (Lipinski definition) is 1. The maximum atomic E-state index is 5.55. The van der Waals surface area contributed by atoms with Crippen LogP contribution in [-0.2, 0) is 13.6 Å². The molecule has 13 heavy (non-hydrogen) atoms. The summed E-state index contributed by atoms with van der Waals surface area (Å²) in [5, 5.41) is 4.22. The van der Waals surface area contributed by atoms with Crippen LogP contribution in [0.1, 0.15) is 5.69 Å². The summed E-state index contributed by atoms with van der Waals surface area (Å²) in [5.74, 6) is 0.813. The lowest BCUT2D eigenvalue weighted by Gasteiger charge is -1.93. The van der Waals surface area contributed by atoms with Gasteiger partial charge in [-0.2, -0.15) is 5.10 Å². The quantitative estimate of drug-likeness (QED) is 0.748. The predicted octanol–water partition coefficient (Wildman–Crippen LogP) is 1.14. The summed E-state index contributed by atoms with van der Waals surface area (Å²) in [5.41, 5.74) is 7.38. The third kappa shape index (κ3) is 1.36. The normalized spacial score (nSPS) is 10.6. The molecule has 2 rings (SSSR count). The lowest BCUT2D eigenvalue weighted by Crippen LogP contribution is -1.99. The summed E-state index contributed by atoms with van der Waals surface area (Å²) >= 11 is 0.